The number of nitrogens with one attached hydrogen (secondary N) is 1. The molecule has 0 radical (unpaired) electrons. The summed E-state index contributed by atoms with van der Waals surface area (Å²) in [5.41, 5.74) is 3.32. The van der Waals surface area contributed by atoms with E-state index in [2.05, 4.69) is 10.3 Å². The second-order valence-corrected chi connectivity index (χ2v) is 5.45. The summed E-state index contributed by atoms with van der Waals surface area (Å²) in [6.07, 6.45) is 3.21. The van der Waals surface area contributed by atoms with Crippen molar-refractivity contribution in [3.63, 3.8) is 0 Å². The number of carbonyl (C=O) groups is 1. The summed E-state index contributed by atoms with van der Waals surface area (Å²) in [7, 11) is 1.57. The van der Waals surface area contributed by atoms with Crippen molar-refractivity contribution < 1.29 is 13.9 Å². The minimum absolute atomic E-state index is 0.148. The van der Waals surface area contributed by atoms with Crippen molar-refractivity contribution in [2.24, 2.45) is 0 Å². The number of nitrogens with zero attached hydrogens (tertiary/aromatic N) is 2. The van der Waals surface area contributed by atoms with E-state index in [-0.39, 0.29) is 12.5 Å². The van der Waals surface area contributed by atoms with Crippen LogP contribution in [0.3, 0.4) is 0 Å². The molecule has 0 saturated carbocycles. The molecule has 1 amide bonds. The Balaban J connectivity index is 1.85. The average molecular weight is 325 g/mol. The highest BCUT2D eigenvalue weighted by molar-refractivity contribution is 5.92. The predicted octanol–water partition coefficient (Wildman–Crippen LogP) is 3.41. The molecule has 3 rings (SSSR count). The molecule has 0 fully saturated rings. The van der Waals surface area contributed by atoms with Crippen molar-refractivity contribution in [1.29, 1.82) is 0 Å². The highest BCUT2D eigenvalue weighted by atomic mass is 16.5. The number of amides is 1. The van der Waals surface area contributed by atoms with Crippen LogP contribution in [0.4, 0.5) is 5.69 Å². The molecule has 1 N–H and O–H groups in total. The molecule has 3 aromatic rings. The summed E-state index contributed by atoms with van der Waals surface area (Å²) in [6.45, 7) is 4.03. The van der Waals surface area contributed by atoms with E-state index in [1.54, 1.807) is 31.8 Å². The lowest BCUT2D eigenvalue weighted by molar-refractivity contribution is -0.116. The first-order chi connectivity index (χ1) is 11.6. The van der Waals surface area contributed by atoms with E-state index in [0.717, 1.165) is 17.0 Å². The van der Waals surface area contributed by atoms with Crippen LogP contribution in [0.5, 0.6) is 5.75 Å². The zero-order valence-corrected chi connectivity index (χ0v) is 13.9. The zero-order valence-electron chi connectivity index (χ0n) is 13.9. The number of para-hydroxylation sites is 2. The van der Waals surface area contributed by atoms with Gasteiger partial charge >= 0.3 is 0 Å². The number of aromatic nitrogens is 2. The van der Waals surface area contributed by atoms with Crippen LogP contribution in [0.2, 0.25) is 0 Å². The number of anilines is 1. The van der Waals surface area contributed by atoms with Crippen LogP contribution in [0, 0.1) is 13.8 Å². The fourth-order valence-corrected chi connectivity index (χ4v) is 2.54. The number of rotatable bonds is 5. The third-order valence-electron chi connectivity index (χ3n) is 3.92. The van der Waals surface area contributed by atoms with Crippen LogP contribution in [-0.2, 0) is 11.3 Å². The summed E-state index contributed by atoms with van der Waals surface area (Å²) >= 11 is 0. The summed E-state index contributed by atoms with van der Waals surface area (Å²) in [4.78, 5) is 17.0. The van der Waals surface area contributed by atoms with Gasteiger partial charge in [0.2, 0.25) is 5.91 Å². The Morgan fingerprint density at radius 1 is 1.29 bits per heavy atom. The van der Waals surface area contributed by atoms with E-state index < -0.39 is 0 Å². The molecule has 0 saturated heterocycles. The van der Waals surface area contributed by atoms with Crippen molar-refractivity contribution in [2.75, 3.05) is 12.4 Å². The number of aryl methyl sites for hydroxylation is 1. The van der Waals surface area contributed by atoms with Crippen molar-refractivity contribution in [3.05, 3.63) is 54.2 Å². The molecule has 124 valence electrons. The zero-order chi connectivity index (χ0) is 17.1. The molecule has 0 aliphatic carbocycles. The van der Waals surface area contributed by atoms with E-state index in [0.29, 0.717) is 17.3 Å². The molecule has 2 heterocycles. The normalized spacial score (nSPS) is 10.6. The van der Waals surface area contributed by atoms with Crippen LogP contribution < -0.4 is 10.1 Å². The monoisotopic (exact) mass is 325 g/mol. The quantitative estimate of drug-likeness (QED) is 0.780. The lowest BCUT2D eigenvalue weighted by atomic mass is 10.3. The first-order valence-electron chi connectivity index (χ1n) is 7.59. The Bertz CT molecular complexity index is 851. The summed E-state index contributed by atoms with van der Waals surface area (Å²) in [5, 5.41) is 2.88. The minimum Gasteiger partial charge on any atom is -0.495 e. The lowest BCUT2D eigenvalue weighted by Gasteiger charge is -2.12. The topological polar surface area (TPSA) is 69.3 Å². The van der Waals surface area contributed by atoms with Gasteiger partial charge in [0.25, 0.3) is 0 Å². The highest BCUT2D eigenvalue weighted by Crippen LogP contribution is 2.25. The Hall–Kier alpha value is -3.02. The molecular formula is C18H19N3O3. The maximum absolute atomic E-state index is 12.5. The second-order valence-electron chi connectivity index (χ2n) is 5.45. The van der Waals surface area contributed by atoms with Crippen LogP contribution in [-0.4, -0.2) is 22.6 Å². The van der Waals surface area contributed by atoms with Gasteiger partial charge < -0.3 is 19.0 Å². The summed E-state index contributed by atoms with van der Waals surface area (Å²) in [6, 6.07) is 9.14. The number of furan rings is 1. The predicted molar refractivity (Wildman–Crippen MR) is 91.0 cm³/mol. The Morgan fingerprint density at radius 2 is 2.08 bits per heavy atom. The van der Waals surface area contributed by atoms with Gasteiger partial charge in [0.1, 0.15) is 24.4 Å². The summed E-state index contributed by atoms with van der Waals surface area (Å²) < 4.78 is 12.3. The first-order valence-corrected chi connectivity index (χ1v) is 7.59. The van der Waals surface area contributed by atoms with E-state index in [1.165, 1.54) is 0 Å². The number of imidazole rings is 1. The number of hydrogen-bond acceptors (Lipinski definition) is 4. The molecule has 24 heavy (non-hydrogen) atoms. The highest BCUT2D eigenvalue weighted by Gasteiger charge is 2.17. The van der Waals surface area contributed by atoms with Gasteiger partial charge in [-0.2, -0.15) is 0 Å². The number of benzene rings is 1. The van der Waals surface area contributed by atoms with Gasteiger partial charge in [-0.15, -0.1) is 0 Å². The molecule has 0 atom stereocenters. The van der Waals surface area contributed by atoms with E-state index in [4.69, 9.17) is 9.15 Å². The maximum Gasteiger partial charge on any atom is 0.244 e. The van der Waals surface area contributed by atoms with Gasteiger partial charge in [0.15, 0.2) is 0 Å². The number of methoxy groups -OCH3 is 1. The van der Waals surface area contributed by atoms with Crippen molar-refractivity contribution in [3.8, 4) is 17.1 Å². The largest absolute Gasteiger partial charge is 0.495 e. The number of carbonyl (C=O) groups excluding carboxylic acids is 1. The molecule has 0 spiro atoms. The average Bonchev–Trinajstić information content (AvgIpc) is 3.19. The lowest BCUT2D eigenvalue weighted by Crippen LogP contribution is -2.20. The van der Waals surface area contributed by atoms with Crippen molar-refractivity contribution in [2.45, 2.75) is 20.4 Å². The molecule has 0 bridgehead atoms. The Labute approximate surface area is 140 Å². The molecule has 1 aromatic carbocycles. The van der Waals surface area contributed by atoms with E-state index in [9.17, 15) is 4.79 Å². The third kappa shape index (κ3) is 3.03. The minimum atomic E-state index is -0.148. The molecule has 0 unspecified atom stereocenters. The van der Waals surface area contributed by atoms with Crippen molar-refractivity contribution >= 4 is 11.6 Å². The summed E-state index contributed by atoms with van der Waals surface area (Å²) in [5.74, 6) is 1.19. The number of ether oxygens (including phenoxy) is 1. The second kappa shape index (κ2) is 6.62. The molecule has 6 heteroatoms. The van der Waals surface area contributed by atoms with Crippen LogP contribution in [0.15, 0.2) is 47.3 Å². The number of hydrogen-bond donors (Lipinski definition) is 1. The van der Waals surface area contributed by atoms with Gasteiger partial charge in [0, 0.05) is 5.69 Å². The Kier molecular flexibility index (Phi) is 4.37. The van der Waals surface area contributed by atoms with Crippen molar-refractivity contribution in [1.82, 2.24) is 9.55 Å². The molecule has 0 aliphatic rings. The molecule has 6 nitrogen and oxygen atoms in total. The van der Waals surface area contributed by atoms with E-state index in [1.807, 2.05) is 36.6 Å². The fraction of sp³-hybridized carbons (Fsp3) is 0.222. The molecule has 2 aromatic heterocycles. The van der Waals surface area contributed by atoms with Gasteiger partial charge in [-0.1, -0.05) is 12.1 Å². The first kappa shape index (κ1) is 15.9. The molecule has 0 aliphatic heterocycles. The SMILES string of the molecule is COc1ccccc1NC(=O)Cn1c(-c2ccoc2)nc(C)c1C. The standard InChI is InChI=1S/C18H19N3O3/c1-12-13(2)21(18(19-12)14-8-9-24-11-14)10-17(22)20-15-6-4-5-7-16(15)23-3/h4-9,11H,10H2,1-3H3,(H,20,22). The Morgan fingerprint density at radius 3 is 2.79 bits per heavy atom. The third-order valence-corrected chi connectivity index (χ3v) is 3.92. The van der Waals surface area contributed by atoms with Crippen LogP contribution in [0.1, 0.15) is 11.4 Å². The molecular weight excluding hydrogens is 306 g/mol. The van der Waals surface area contributed by atoms with Crippen LogP contribution in [0.25, 0.3) is 11.4 Å². The van der Waals surface area contributed by atoms with Gasteiger partial charge in [-0.25, -0.2) is 4.98 Å². The fourth-order valence-electron chi connectivity index (χ4n) is 2.54. The van der Waals surface area contributed by atoms with Crippen LogP contribution >= 0.6 is 0 Å². The smallest absolute Gasteiger partial charge is 0.244 e. The maximum atomic E-state index is 12.5. The van der Waals surface area contributed by atoms with Gasteiger partial charge in [-0.3, -0.25) is 4.79 Å². The van der Waals surface area contributed by atoms with Gasteiger partial charge in [0.05, 0.1) is 30.3 Å². The van der Waals surface area contributed by atoms with E-state index >= 15 is 0 Å². The van der Waals surface area contributed by atoms with Gasteiger partial charge in [-0.05, 0) is 32.0 Å².